The summed E-state index contributed by atoms with van der Waals surface area (Å²) in [6.45, 7) is 2.03. The minimum atomic E-state index is 0.350. The number of nitrogens with zero attached hydrogens (tertiary/aromatic N) is 3. The summed E-state index contributed by atoms with van der Waals surface area (Å²) in [6.07, 6.45) is 2.23. The Kier molecular flexibility index (Phi) is 3.07. The van der Waals surface area contributed by atoms with E-state index in [1.54, 1.807) is 4.68 Å². The van der Waals surface area contributed by atoms with Crippen molar-refractivity contribution in [3.63, 3.8) is 0 Å². The predicted molar refractivity (Wildman–Crippen MR) is 65.3 cm³/mol. The maximum Gasteiger partial charge on any atom is 0.0793 e. The zero-order valence-corrected chi connectivity index (χ0v) is 10.4. The lowest BCUT2D eigenvalue weighted by Gasteiger charge is -2.05. The van der Waals surface area contributed by atoms with Crippen molar-refractivity contribution in [2.45, 2.75) is 13.3 Å². The maximum atomic E-state index is 8.59. The molecule has 0 saturated heterocycles. The van der Waals surface area contributed by atoms with Gasteiger partial charge in [-0.05, 0) is 36.8 Å². The minimum Gasteiger partial charge on any atom is -0.240 e. The Hall–Kier alpha value is -1.60. The van der Waals surface area contributed by atoms with E-state index >= 15 is 0 Å². The average molecular weight is 276 g/mol. The fourth-order valence-electron chi connectivity index (χ4n) is 1.55. The fraction of sp³-hybridized carbons (Fsp3) is 0.167. The first-order chi connectivity index (χ1) is 7.70. The lowest BCUT2D eigenvalue weighted by Crippen LogP contribution is -1.98. The molecule has 2 aromatic rings. The third-order valence-corrected chi connectivity index (χ3v) is 2.80. The zero-order chi connectivity index (χ0) is 11.5. The molecule has 4 heteroatoms. The Morgan fingerprint density at radius 3 is 2.94 bits per heavy atom. The van der Waals surface area contributed by atoms with E-state index < -0.39 is 0 Å². The molecule has 0 unspecified atom stereocenters. The van der Waals surface area contributed by atoms with Crippen LogP contribution in [0.1, 0.15) is 11.3 Å². The standard InChI is InChI=1S/C12H10BrN3/c1-9-8-10(13)2-3-12(9)16-7-5-11(15-16)4-6-14/h2-3,5,7-8H,4H2,1H3. The van der Waals surface area contributed by atoms with Gasteiger partial charge in [-0.3, -0.25) is 0 Å². The summed E-state index contributed by atoms with van der Waals surface area (Å²) in [5.41, 5.74) is 2.97. The first-order valence-electron chi connectivity index (χ1n) is 4.89. The number of aryl methyl sites for hydroxylation is 1. The first-order valence-corrected chi connectivity index (χ1v) is 5.68. The lowest BCUT2D eigenvalue weighted by atomic mass is 10.2. The SMILES string of the molecule is Cc1cc(Br)ccc1-n1ccc(CC#N)n1. The molecule has 0 saturated carbocycles. The average Bonchev–Trinajstić information content (AvgIpc) is 2.67. The van der Waals surface area contributed by atoms with Gasteiger partial charge in [0.05, 0.1) is 23.9 Å². The Balaban J connectivity index is 2.39. The van der Waals surface area contributed by atoms with Crippen LogP contribution in [-0.4, -0.2) is 9.78 Å². The van der Waals surface area contributed by atoms with Gasteiger partial charge in [0, 0.05) is 10.7 Å². The highest BCUT2D eigenvalue weighted by atomic mass is 79.9. The second kappa shape index (κ2) is 4.50. The van der Waals surface area contributed by atoms with Gasteiger partial charge >= 0.3 is 0 Å². The molecule has 0 amide bonds. The third-order valence-electron chi connectivity index (χ3n) is 2.31. The summed E-state index contributed by atoms with van der Waals surface area (Å²) in [6, 6.07) is 9.98. The van der Waals surface area contributed by atoms with Crippen LogP contribution in [0.2, 0.25) is 0 Å². The van der Waals surface area contributed by atoms with Crippen LogP contribution >= 0.6 is 15.9 Å². The molecule has 0 aliphatic carbocycles. The summed E-state index contributed by atoms with van der Waals surface area (Å²) in [4.78, 5) is 0. The molecule has 0 fully saturated rings. The molecule has 3 nitrogen and oxygen atoms in total. The lowest BCUT2D eigenvalue weighted by molar-refractivity contribution is 0.846. The molecule has 1 aromatic carbocycles. The van der Waals surface area contributed by atoms with E-state index in [2.05, 4.69) is 27.1 Å². The van der Waals surface area contributed by atoms with Gasteiger partial charge in [0.2, 0.25) is 0 Å². The molecule has 2 rings (SSSR count). The highest BCUT2D eigenvalue weighted by Crippen LogP contribution is 2.19. The van der Waals surface area contributed by atoms with Crippen LogP contribution in [0.15, 0.2) is 34.9 Å². The number of rotatable bonds is 2. The van der Waals surface area contributed by atoms with Crippen molar-refractivity contribution >= 4 is 15.9 Å². The number of nitriles is 1. The zero-order valence-electron chi connectivity index (χ0n) is 8.81. The van der Waals surface area contributed by atoms with E-state index in [4.69, 9.17) is 5.26 Å². The van der Waals surface area contributed by atoms with Crippen molar-refractivity contribution in [1.82, 2.24) is 9.78 Å². The number of benzene rings is 1. The molecular weight excluding hydrogens is 266 g/mol. The molecule has 0 N–H and O–H groups in total. The Morgan fingerprint density at radius 2 is 2.25 bits per heavy atom. The van der Waals surface area contributed by atoms with Crippen molar-refractivity contribution in [3.05, 3.63) is 46.2 Å². The molecular formula is C12H10BrN3. The molecule has 16 heavy (non-hydrogen) atoms. The van der Waals surface area contributed by atoms with E-state index in [1.807, 2.05) is 37.4 Å². The van der Waals surface area contributed by atoms with Crippen molar-refractivity contribution in [3.8, 4) is 11.8 Å². The second-order valence-electron chi connectivity index (χ2n) is 3.52. The summed E-state index contributed by atoms with van der Waals surface area (Å²) in [5.74, 6) is 0. The van der Waals surface area contributed by atoms with E-state index in [0.717, 1.165) is 21.4 Å². The molecule has 0 aliphatic heterocycles. The Morgan fingerprint density at radius 1 is 1.44 bits per heavy atom. The van der Waals surface area contributed by atoms with Gasteiger partial charge in [0.25, 0.3) is 0 Å². The summed E-state index contributed by atoms with van der Waals surface area (Å²) in [5, 5.41) is 12.9. The van der Waals surface area contributed by atoms with Crippen LogP contribution in [0.4, 0.5) is 0 Å². The van der Waals surface area contributed by atoms with Crippen LogP contribution < -0.4 is 0 Å². The summed E-state index contributed by atoms with van der Waals surface area (Å²) < 4.78 is 2.85. The molecule has 80 valence electrons. The third kappa shape index (κ3) is 2.15. The van der Waals surface area contributed by atoms with Gasteiger partial charge in [-0.25, -0.2) is 4.68 Å². The van der Waals surface area contributed by atoms with Crippen LogP contribution in [0.25, 0.3) is 5.69 Å². The molecule has 0 atom stereocenters. The van der Waals surface area contributed by atoms with E-state index in [1.165, 1.54) is 0 Å². The molecule has 0 spiro atoms. The number of hydrogen-bond donors (Lipinski definition) is 0. The van der Waals surface area contributed by atoms with Crippen molar-refractivity contribution < 1.29 is 0 Å². The quantitative estimate of drug-likeness (QED) is 0.846. The van der Waals surface area contributed by atoms with Crippen LogP contribution in [0.3, 0.4) is 0 Å². The van der Waals surface area contributed by atoms with Gasteiger partial charge < -0.3 is 0 Å². The van der Waals surface area contributed by atoms with Crippen molar-refractivity contribution in [2.24, 2.45) is 0 Å². The molecule has 0 radical (unpaired) electrons. The predicted octanol–water partition coefficient (Wildman–Crippen LogP) is 3.01. The monoisotopic (exact) mass is 275 g/mol. The number of aromatic nitrogens is 2. The first kappa shape index (κ1) is 10.9. The van der Waals surface area contributed by atoms with Gasteiger partial charge in [-0.2, -0.15) is 10.4 Å². The van der Waals surface area contributed by atoms with Gasteiger partial charge in [-0.1, -0.05) is 15.9 Å². The van der Waals surface area contributed by atoms with Crippen LogP contribution in [0.5, 0.6) is 0 Å². The smallest absolute Gasteiger partial charge is 0.0793 e. The fourth-order valence-corrected chi connectivity index (χ4v) is 2.02. The Bertz CT molecular complexity index is 552. The summed E-state index contributed by atoms with van der Waals surface area (Å²) in [7, 11) is 0. The van der Waals surface area contributed by atoms with Crippen LogP contribution in [-0.2, 0) is 6.42 Å². The normalized spacial score (nSPS) is 10.1. The Labute approximate surface area is 102 Å². The summed E-state index contributed by atoms with van der Waals surface area (Å²) >= 11 is 3.43. The molecule has 0 bridgehead atoms. The van der Waals surface area contributed by atoms with Crippen LogP contribution in [0, 0.1) is 18.3 Å². The van der Waals surface area contributed by atoms with E-state index in [-0.39, 0.29) is 0 Å². The van der Waals surface area contributed by atoms with Gasteiger partial charge in [0.1, 0.15) is 0 Å². The van der Waals surface area contributed by atoms with Gasteiger partial charge in [-0.15, -0.1) is 0 Å². The number of halogens is 1. The topological polar surface area (TPSA) is 41.6 Å². The molecule has 1 heterocycles. The highest BCUT2D eigenvalue weighted by Gasteiger charge is 2.04. The van der Waals surface area contributed by atoms with E-state index in [0.29, 0.717) is 6.42 Å². The van der Waals surface area contributed by atoms with Crippen molar-refractivity contribution in [2.75, 3.05) is 0 Å². The molecule has 0 aliphatic rings. The molecule has 1 aromatic heterocycles. The minimum absolute atomic E-state index is 0.350. The second-order valence-corrected chi connectivity index (χ2v) is 4.43. The van der Waals surface area contributed by atoms with Crippen molar-refractivity contribution in [1.29, 1.82) is 5.26 Å². The largest absolute Gasteiger partial charge is 0.240 e. The van der Waals surface area contributed by atoms with Gasteiger partial charge in [0.15, 0.2) is 0 Å². The van der Waals surface area contributed by atoms with E-state index in [9.17, 15) is 0 Å². The highest BCUT2D eigenvalue weighted by molar-refractivity contribution is 9.10. The maximum absolute atomic E-state index is 8.59. The number of hydrogen-bond acceptors (Lipinski definition) is 2.